The Morgan fingerprint density at radius 1 is 1.33 bits per heavy atom. The molecule has 1 N–H and O–H groups in total. The molecule has 2 nitrogen and oxygen atoms in total. The smallest absolute Gasteiger partial charge is 0.128 e. The summed E-state index contributed by atoms with van der Waals surface area (Å²) in [7, 11) is 0. The summed E-state index contributed by atoms with van der Waals surface area (Å²) in [6.07, 6.45) is 2.56. The summed E-state index contributed by atoms with van der Waals surface area (Å²) >= 11 is 0. The molecule has 0 aromatic heterocycles. The van der Waals surface area contributed by atoms with Gasteiger partial charge in [-0.3, -0.25) is 0 Å². The minimum atomic E-state index is -0.500. The molecule has 0 saturated heterocycles. The van der Waals surface area contributed by atoms with Gasteiger partial charge in [0.2, 0.25) is 0 Å². The van der Waals surface area contributed by atoms with Gasteiger partial charge >= 0.3 is 0 Å². The van der Waals surface area contributed by atoms with Crippen molar-refractivity contribution in [3.05, 3.63) is 29.6 Å². The number of hydrogen-bond donors (Lipinski definition) is 1. The average molecular weight is 208 g/mol. The van der Waals surface area contributed by atoms with Crippen molar-refractivity contribution in [2.24, 2.45) is 5.92 Å². The molecule has 0 bridgehead atoms. The number of halogens is 1. The highest BCUT2D eigenvalue weighted by molar-refractivity contribution is 5.37. The van der Waals surface area contributed by atoms with Crippen LogP contribution in [0.25, 0.3) is 0 Å². The number of benzene rings is 1. The molecule has 0 radical (unpaired) electrons. The molecule has 1 aromatic carbocycles. The molecule has 15 heavy (non-hydrogen) atoms. The standard InChI is InChI=1S/C12H13FO2/c13-8-3-4-9-10(14)6-11(7-1-2-7)15-12(9)5-8/h3-5,7,10-11,14H,1-2,6H2/t10-,11?/m0/s1. The molecule has 2 atom stereocenters. The van der Waals surface area contributed by atoms with E-state index in [0.29, 0.717) is 23.7 Å². The Morgan fingerprint density at radius 3 is 2.87 bits per heavy atom. The van der Waals surface area contributed by atoms with Gasteiger partial charge in [-0.1, -0.05) is 0 Å². The fraction of sp³-hybridized carbons (Fsp3) is 0.500. The van der Waals surface area contributed by atoms with E-state index in [4.69, 9.17) is 4.74 Å². The lowest BCUT2D eigenvalue weighted by atomic mass is 9.97. The zero-order valence-corrected chi connectivity index (χ0v) is 8.32. The van der Waals surface area contributed by atoms with Gasteiger partial charge in [0.1, 0.15) is 17.7 Å². The van der Waals surface area contributed by atoms with Crippen LogP contribution in [0.15, 0.2) is 18.2 Å². The first-order valence-electron chi connectivity index (χ1n) is 5.38. The van der Waals surface area contributed by atoms with Crippen LogP contribution in [0.5, 0.6) is 5.75 Å². The van der Waals surface area contributed by atoms with E-state index in [-0.39, 0.29) is 11.9 Å². The Bertz CT molecular complexity index is 387. The molecule has 1 heterocycles. The van der Waals surface area contributed by atoms with Crippen LogP contribution < -0.4 is 4.74 Å². The molecular weight excluding hydrogens is 195 g/mol. The van der Waals surface area contributed by atoms with Crippen LogP contribution in [0.3, 0.4) is 0 Å². The van der Waals surface area contributed by atoms with Crippen LogP contribution in [-0.4, -0.2) is 11.2 Å². The molecule has 1 saturated carbocycles. The normalized spacial score (nSPS) is 29.5. The molecule has 1 fully saturated rings. The summed E-state index contributed by atoms with van der Waals surface area (Å²) < 4.78 is 18.7. The molecule has 3 rings (SSSR count). The lowest BCUT2D eigenvalue weighted by Gasteiger charge is -2.29. The van der Waals surface area contributed by atoms with Crippen LogP contribution in [0, 0.1) is 11.7 Å². The van der Waals surface area contributed by atoms with Crippen LogP contribution >= 0.6 is 0 Å². The van der Waals surface area contributed by atoms with Crippen molar-refractivity contribution < 1.29 is 14.2 Å². The fourth-order valence-electron chi connectivity index (χ4n) is 2.20. The van der Waals surface area contributed by atoms with E-state index in [1.165, 1.54) is 25.0 Å². The van der Waals surface area contributed by atoms with Gasteiger partial charge in [-0.05, 0) is 30.9 Å². The predicted octanol–water partition coefficient (Wildman–Crippen LogP) is 2.42. The number of aliphatic hydroxyl groups excluding tert-OH is 1. The second kappa shape index (κ2) is 3.20. The topological polar surface area (TPSA) is 29.5 Å². The maximum absolute atomic E-state index is 13.0. The highest BCUT2D eigenvalue weighted by Crippen LogP contribution is 2.43. The van der Waals surface area contributed by atoms with E-state index in [1.807, 2.05) is 0 Å². The van der Waals surface area contributed by atoms with E-state index in [2.05, 4.69) is 0 Å². The SMILES string of the molecule is O[C@H]1CC(C2CC2)Oc2cc(F)ccc21. The number of fused-ring (bicyclic) bond motifs is 1. The highest BCUT2D eigenvalue weighted by Gasteiger charge is 2.38. The Kier molecular flexibility index (Phi) is 1.96. The molecular formula is C12H13FO2. The maximum atomic E-state index is 13.0. The summed E-state index contributed by atoms with van der Waals surface area (Å²) in [6.45, 7) is 0. The van der Waals surface area contributed by atoms with E-state index in [1.54, 1.807) is 6.07 Å². The van der Waals surface area contributed by atoms with Crippen molar-refractivity contribution in [3.63, 3.8) is 0 Å². The van der Waals surface area contributed by atoms with Gasteiger partial charge in [0.05, 0.1) is 6.10 Å². The van der Waals surface area contributed by atoms with Gasteiger partial charge < -0.3 is 9.84 Å². The van der Waals surface area contributed by atoms with Gasteiger partial charge in [-0.25, -0.2) is 4.39 Å². The minimum absolute atomic E-state index is 0.0781. The third-order valence-electron chi connectivity index (χ3n) is 3.22. The first-order chi connectivity index (χ1) is 7.24. The molecule has 0 amide bonds. The second-order valence-corrected chi connectivity index (χ2v) is 4.43. The summed E-state index contributed by atoms with van der Waals surface area (Å²) in [4.78, 5) is 0. The van der Waals surface area contributed by atoms with Crippen molar-refractivity contribution in [2.45, 2.75) is 31.5 Å². The van der Waals surface area contributed by atoms with Gasteiger partial charge in [-0.15, -0.1) is 0 Å². The Morgan fingerprint density at radius 2 is 2.13 bits per heavy atom. The molecule has 3 heteroatoms. The van der Waals surface area contributed by atoms with Gasteiger partial charge in [0, 0.05) is 18.1 Å². The summed E-state index contributed by atoms with van der Waals surface area (Å²) in [6, 6.07) is 4.34. The summed E-state index contributed by atoms with van der Waals surface area (Å²) in [5.74, 6) is 0.777. The van der Waals surface area contributed by atoms with E-state index in [9.17, 15) is 9.50 Å². The third kappa shape index (κ3) is 1.61. The van der Waals surface area contributed by atoms with Crippen LogP contribution in [0.4, 0.5) is 4.39 Å². The number of rotatable bonds is 1. The first-order valence-corrected chi connectivity index (χ1v) is 5.38. The number of aliphatic hydroxyl groups is 1. The van der Waals surface area contributed by atoms with E-state index >= 15 is 0 Å². The van der Waals surface area contributed by atoms with Crippen LogP contribution in [0.1, 0.15) is 30.9 Å². The average Bonchev–Trinajstić information content (AvgIpc) is 2.99. The lowest BCUT2D eigenvalue weighted by molar-refractivity contribution is 0.0547. The molecule has 0 spiro atoms. The fourth-order valence-corrected chi connectivity index (χ4v) is 2.20. The maximum Gasteiger partial charge on any atom is 0.128 e. The van der Waals surface area contributed by atoms with E-state index < -0.39 is 6.10 Å². The zero-order valence-electron chi connectivity index (χ0n) is 8.32. The Hall–Kier alpha value is -1.09. The monoisotopic (exact) mass is 208 g/mol. The van der Waals surface area contributed by atoms with Crippen molar-refractivity contribution in [2.75, 3.05) is 0 Å². The van der Waals surface area contributed by atoms with Gasteiger partial charge in [0.25, 0.3) is 0 Å². The lowest BCUT2D eigenvalue weighted by Crippen LogP contribution is -2.27. The largest absolute Gasteiger partial charge is 0.490 e. The molecule has 1 unspecified atom stereocenters. The third-order valence-corrected chi connectivity index (χ3v) is 3.22. The molecule has 1 aliphatic carbocycles. The Balaban J connectivity index is 1.93. The van der Waals surface area contributed by atoms with Crippen molar-refractivity contribution in [3.8, 4) is 5.75 Å². The molecule has 1 aromatic rings. The second-order valence-electron chi connectivity index (χ2n) is 4.43. The predicted molar refractivity (Wildman–Crippen MR) is 53.1 cm³/mol. The molecule has 2 aliphatic rings. The Labute approximate surface area is 87.7 Å². The number of ether oxygens (including phenoxy) is 1. The number of hydrogen-bond acceptors (Lipinski definition) is 2. The highest BCUT2D eigenvalue weighted by atomic mass is 19.1. The van der Waals surface area contributed by atoms with Gasteiger partial charge in [-0.2, -0.15) is 0 Å². The summed E-state index contributed by atoms with van der Waals surface area (Å²) in [5.41, 5.74) is 0.716. The van der Waals surface area contributed by atoms with Crippen LogP contribution in [0.2, 0.25) is 0 Å². The van der Waals surface area contributed by atoms with Gasteiger partial charge in [0.15, 0.2) is 0 Å². The minimum Gasteiger partial charge on any atom is -0.490 e. The van der Waals surface area contributed by atoms with Crippen LogP contribution in [-0.2, 0) is 0 Å². The van der Waals surface area contributed by atoms with Crippen molar-refractivity contribution in [1.29, 1.82) is 0 Å². The van der Waals surface area contributed by atoms with E-state index in [0.717, 1.165) is 0 Å². The van der Waals surface area contributed by atoms with Crippen molar-refractivity contribution >= 4 is 0 Å². The quantitative estimate of drug-likeness (QED) is 0.768. The zero-order chi connectivity index (χ0) is 10.4. The molecule has 1 aliphatic heterocycles. The first kappa shape index (κ1) is 9.16. The molecule has 80 valence electrons. The summed E-state index contributed by atoms with van der Waals surface area (Å²) in [5, 5.41) is 9.90. The van der Waals surface area contributed by atoms with Crippen molar-refractivity contribution in [1.82, 2.24) is 0 Å².